The van der Waals surface area contributed by atoms with Gasteiger partial charge in [-0.2, -0.15) is 0 Å². The van der Waals surface area contributed by atoms with Gasteiger partial charge in [0.05, 0.1) is 19.6 Å². The van der Waals surface area contributed by atoms with Gasteiger partial charge in [-0.05, 0) is 19.4 Å². The molecule has 7 nitrogen and oxygen atoms in total. The first-order valence-electron chi connectivity index (χ1n) is 7.70. The number of ether oxygens (including phenoxy) is 3. The second-order valence-corrected chi connectivity index (χ2v) is 4.91. The monoisotopic (exact) mass is 338 g/mol. The number of rotatable bonds is 9. The standard InChI is InChI=1S/C17H22O7/c1-3-22-16(20)13(15(19)17(21)23-4-2)10-14(18)24-11-12-8-6-5-7-9-12/h5-9,13,15,19H,3-4,10-11H2,1-2H3/t13-,15+/m1/s1. The molecule has 1 N–H and O–H groups in total. The van der Waals surface area contributed by atoms with Crippen LogP contribution < -0.4 is 0 Å². The van der Waals surface area contributed by atoms with E-state index >= 15 is 0 Å². The Morgan fingerprint density at radius 3 is 2.12 bits per heavy atom. The van der Waals surface area contributed by atoms with Gasteiger partial charge in [0.25, 0.3) is 0 Å². The van der Waals surface area contributed by atoms with Crippen LogP contribution in [0.5, 0.6) is 0 Å². The van der Waals surface area contributed by atoms with Crippen molar-refractivity contribution in [2.24, 2.45) is 5.92 Å². The van der Waals surface area contributed by atoms with E-state index < -0.39 is 36.4 Å². The molecule has 1 rings (SSSR count). The van der Waals surface area contributed by atoms with Gasteiger partial charge in [0.1, 0.15) is 12.5 Å². The van der Waals surface area contributed by atoms with Crippen molar-refractivity contribution in [3.05, 3.63) is 35.9 Å². The molecule has 24 heavy (non-hydrogen) atoms. The van der Waals surface area contributed by atoms with Crippen molar-refractivity contribution >= 4 is 17.9 Å². The normalized spacial score (nSPS) is 12.8. The van der Waals surface area contributed by atoms with E-state index in [0.717, 1.165) is 5.56 Å². The molecule has 0 aromatic heterocycles. The van der Waals surface area contributed by atoms with Crippen molar-refractivity contribution in [2.75, 3.05) is 13.2 Å². The lowest BCUT2D eigenvalue weighted by atomic mass is 9.98. The minimum atomic E-state index is -1.78. The van der Waals surface area contributed by atoms with Crippen molar-refractivity contribution in [1.29, 1.82) is 0 Å². The molecule has 0 amide bonds. The van der Waals surface area contributed by atoms with Crippen LogP contribution >= 0.6 is 0 Å². The predicted octanol–water partition coefficient (Wildman–Crippen LogP) is 1.22. The van der Waals surface area contributed by atoms with Crippen LogP contribution in [0.3, 0.4) is 0 Å². The molecule has 0 unspecified atom stereocenters. The largest absolute Gasteiger partial charge is 0.466 e. The quantitative estimate of drug-likeness (QED) is 0.534. The summed E-state index contributed by atoms with van der Waals surface area (Å²) in [6.45, 7) is 3.29. The third-order valence-corrected chi connectivity index (χ3v) is 3.13. The van der Waals surface area contributed by atoms with Gasteiger partial charge in [0.2, 0.25) is 0 Å². The number of esters is 3. The van der Waals surface area contributed by atoms with Gasteiger partial charge in [-0.15, -0.1) is 0 Å². The number of hydrogen-bond donors (Lipinski definition) is 1. The van der Waals surface area contributed by atoms with Crippen molar-refractivity contribution in [3.8, 4) is 0 Å². The fourth-order valence-corrected chi connectivity index (χ4v) is 1.94. The zero-order valence-electron chi connectivity index (χ0n) is 13.8. The third kappa shape index (κ3) is 6.37. The number of aliphatic hydroxyl groups is 1. The van der Waals surface area contributed by atoms with Crippen LogP contribution in [0.1, 0.15) is 25.8 Å². The average molecular weight is 338 g/mol. The van der Waals surface area contributed by atoms with Gasteiger partial charge in [-0.1, -0.05) is 30.3 Å². The van der Waals surface area contributed by atoms with E-state index in [1.54, 1.807) is 38.1 Å². The summed E-state index contributed by atoms with van der Waals surface area (Å²) in [7, 11) is 0. The van der Waals surface area contributed by atoms with Crippen molar-refractivity contribution < 1.29 is 33.7 Å². The van der Waals surface area contributed by atoms with Gasteiger partial charge in [-0.3, -0.25) is 9.59 Å². The van der Waals surface area contributed by atoms with Crippen LogP contribution in [-0.4, -0.2) is 42.3 Å². The third-order valence-electron chi connectivity index (χ3n) is 3.13. The second-order valence-electron chi connectivity index (χ2n) is 4.91. The maximum Gasteiger partial charge on any atom is 0.335 e. The molecular formula is C17H22O7. The van der Waals surface area contributed by atoms with Crippen LogP contribution in [0.2, 0.25) is 0 Å². The maximum absolute atomic E-state index is 11.9. The second kappa shape index (κ2) is 10.4. The predicted molar refractivity (Wildman–Crippen MR) is 83.6 cm³/mol. The summed E-state index contributed by atoms with van der Waals surface area (Å²) in [6, 6.07) is 9.00. The molecule has 2 atom stereocenters. The van der Waals surface area contributed by atoms with E-state index in [2.05, 4.69) is 4.74 Å². The summed E-state index contributed by atoms with van der Waals surface area (Å²) in [4.78, 5) is 35.5. The van der Waals surface area contributed by atoms with E-state index in [1.165, 1.54) is 0 Å². The number of benzene rings is 1. The molecule has 1 aromatic rings. The first-order valence-corrected chi connectivity index (χ1v) is 7.70. The lowest BCUT2D eigenvalue weighted by Gasteiger charge is -2.19. The molecule has 0 aliphatic rings. The Kier molecular flexibility index (Phi) is 8.49. The summed E-state index contributed by atoms with van der Waals surface area (Å²) in [5.74, 6) is -3.92. The number of carbonyl (C=O) groups is 3. The Labute approximate surface area is 140 Å². The lowest BCUT2D eigenvalue weighted by Crippen LogP contribution is -2.38. The molecule has 0 bridgehead atoms. The van der Waals surface area contributed by atoms with Gasteiger partial charge < -0.3 is 19.3 Å². The topological polar surface area (TPSA) is 99.1 Å². The summed E-state index contributed by atoms with van der Waals surface area (Å²) in [6.07, 6.45) is -2.26. The first kappa shape index (κ1) is 19.6. The molecule has 0 saturated carbocycles. The Balaban J connectivity index is 2.67. The van der Waals surface area contributed by atoms with Crippen molar-refractivity contribution in [3.63, 3.8) is 0 Å². The summed E-state index contributed by atoms with van der Waals surface area (Å²) >= 11 is 0. The molecule has 0 radical (unpaired) electrons. The van der Waals surface area contributed by atoms with Crippen LogP contribution in [0.15, 0.2) is 30.3 Å². The number of hydrogen-bond acceptors (Lipinski definition) is 7. The zero-order chi connectivity index (χ0) is 17.9. The molecule has 0 fully saturated rings. The van der Waals surface area contributed by atoms with E-state index in [9.17, 15) is 19.5 Å². The van der Waals surface area contributed by atoms with Gasteiger partial charge in [0.15, 0.2) is 6.10 Å². The average Bonchev–Trinajstić information content (AvgIpc) is 2.58. The molecule has 7 heteroatoms. The fraction of sp³-hybridized carbons (Fsp3) is 0.471. The van der Waals surface area contributed by atoms with Crippen LogP contribution in [-0.2, 0) is 35.2 Å². The van der Waals surface area contributed by atoms with Gasteiger partial charge in [0, 0.05) is 0 Å². The maximum atomic E-state index is 11.9. The molecule has 0 aliphatic heterocycles. The first-order chi connectivity index (χ1) is 11.5. The molecule has 0 aliphatic carbocycles. The minimum absolute atomic E-state index is 0.0325. The minimum Gasteiger partial charge on any atom is -0.466 e. The molecule has 0 saturated heterocycles. The molecule has 0 heterocycles. The highest BCUT2D eigenvalue weighted by molar-refractivity contribution is 5.87. The van der Waals surface area contributed by atoms with E-state index in [4.69, 9.17) is 9.47 Å². The fourth-order valence-electron chi connectivity index (χ4n) is 1.94. The Morgan fingerprint density at radius 1 is 0.958 bits per heavy atom. The Morgan fingerprint density at radius 2 is 1.54 bits per heavy atom. The number of aliphatic hydroxyl groups excluding tert-OH is 1. The summed E-state index contributed by atoms with van der Waals surface area (Å²) in [5, 5.41) is 9.96. The van der Waals surface area contributed by atoms with Crippen LogP contribution in [0, 0.1) is 5.92 Å². The highest BCUT2D eigenvalue weighted by Crippen LogP contribution is 2.15. The van der Waals surface area contributed by atoms with E-state index in [-0.39, 0.29) is 19.8 Å². The van der Waals surface area contributed by atoms with Gasteiger partial charge >= 0.3 is 17.9 Å². The Hall–Kier alpha value is -2.41. The van der Waals surface area contributed by atoms with Crippen LogP contribution in [0.25, 0.3) is 0 Å². The SMILES string of the molecule is CCOC(=O)[C@@H](O)[C@@H](CC(=O)OCc1ccccc1)C(=O)OCC. The van der Waals surface area contributed by atoms with Gasteiger partial charge in [-0.25, -0.2) is 4.79 Å². The molecule has 0 spiro atoms. The van der Waals surface area contributed by atoms with Crippen molar-refractivity contribution in [2.45, 2.75) is 33.0 Å². The van der Waals surface area contributed by atoms with E-state index in [0.29, 0.717) is 0 Å². The number of carbonyl (C=O) groups excluding carboxylic acids is 3. The molecule has 1 aromatic carbocycles. The zero-order valence-corrected chi connectivity index (χ0v) is 13.8. The summed E-state index contributed by atoms with van der Waals surface area (Å²) < 4.78 is 14.5. The smallest absolute Gasteiger partial charge is 0.335 e. The molecular weight excluding hydrogens is 316 g/mol. The Bertz CT molecular complexity index is 541. The highest BCUT2D eigenvalue weighted by atomic mass is 16.6. The van der Waals surface area contributed by atoms with Crippen molar-refractivity contribution in [1.82, 2.24) is 0 Å². The highest BCUT2D eigenvalue weighted by Gasteiger charge is 2.36. The summed E-state index contributed by atoms with van der Waals surface area (Å²) in [5.41, 5.74) is 0.782. The van der Waals surface area contributed by atoms with Crippen LogP contribution in [0.4, 0.5) is 0 Å². The molecule has 132 valence electrons. The van der Waals surface area contributed by atoms with E-state index in [1.807, 2.05) is 6.07 Å². The lowest BCUT2D eigenvalue weighted by molar-refractivity contribution is -0.169.